The standard InChI is InChI=1S/C16H13F6N7O/c1-7(24-27-23)14(30)13(8-4-10(18)11(19)5-9(8)17)28-2-3-29-12(6-28)25-26-15(29)16(20,21)22/h4-5,7,13H,2-3,6H2,1H3/t7-,13?/m1/s1. The maximum absolute atomic E-state index is 14.4. The van der Waals surface area contributed by atoms with Crippen molar-refractivity contribution in [3.63, 3.8) is 0 Å². The van der Waals surface area contributed by atoms with Crippen LogP contribution in [-0.2, 0) is 24.1 Å². The monoisotopic (exact) mass is 433 g/mol. The number of hydrogen-bond donors (Lipinski definition) is 0. The molecule has 14 heteroatoms. The number of halogens is 6. The number of alkyl halides is 3. The van der Waals surface area contributed by atoms with E-state index < -0.39 is 52.9 Å². The molecule has 0 bridgehead atoms. The zero-order valence-electron chi connectivity index (χ0n) is 15.2. The summed E-state index contributed by atoms with van der Waals surface area (Å²) in [6.07, 6.45) is -4.75. The SMILES string of the molecule is C[C@@H](N=[N+]=[N-])C(=O)C(c1cc(F)c(F)cc1F)N1CCn2c(nnc2C(F)(F)F)C1. The quantitative estimate of drug-likeness (QED) is 0.237. The molecule has 0 radical (unpaired) electrons. The Morgan fingerprint density at radius 1 is 1.17 bits per heavy atom. The van der Waals surface area contributed by atoms with Crippen molar-refractivity contribution in [1.29, 1.82) is 0 Å². The van der Waals surface area contributed by atoms with Gasteiger partial charge < -0.3 is 4.57 Å². The lowest BCUT2D eigenvalue weighted by Gasteiger charge is -2.35. The third kappa shape index (κ3) is 3.96. The highest BCUT2D eigenvalue weighted by molar-refractivity contribution is 5.90. The van der Waals surface area contributed by atoms with Gasteiger partial charge in [0.05, 0.1) is 18.6 Å². The number of aromatic nitrogens is 3. The number of carbonyl (C=O) groups is 1. The molecule has 2 atom stereocenters. The van der Waals surface area contributed by atoms with Crippen molar-refractivity contribution in [2.45, 2.75) is 38.3 Å². The Morgan fingerprint density at radius 2 is 1.83 bits per heavy atom. The minimum Gasteiger partial charge on any atom is -0.305 e. The molecule has 0 aliphatic carbocycles. The Bertz CT molecular complexity index is 1030. The van der Waals surface area contributed by atoms with Crippen molar-refractivity contribution in [3.05, 3.63) is 57.2 Å². The summed E-state index contributed by atoms with van der Waals surface area (Å²) in [6, 6.07) is -2.10. The largest absolute Gasteiger partial charge is 0.451 e. The zero-order chi connectivity index (χ0) is 22.2. The van der Waals surface area contributed by atoms with Gasteiger partial charge in [0.2, 0.25) is 5.82 Å². The second-order valence-corrected chi connectivity index (χ2v) is 6.53. The Hall–Kier alpha value is -3.12. The van der Waals surface area contributed by atoms with E-state index in [-0.39, 0.29) is 31.5 Å². The first-order chi connectivity index (χ1) is 14.0. The van der Waals surface area contributed by atoms with Gasteiger partial charge in [-0.15, -0.1) is 10.2 Å². The molecule has 1 unspecified atom stereocenters. The minimum atomic E-state index is -4.75. The second kappa shape index (κ2) is 7.95. The van der Waals surface area contributed by atoms with Gasteiger partial charge in [-0.2, -0.15) is 13.2 Å². The van der Waals surface area contributed by atoms with Crippen LogP contribution >= 0.6 is 0 Å². The lowest BCUT2D eigenvalue weighted by molar-refractivity contribution is -0.148. The van der Waals surface area contributed by atoms with Crippen molar-refractivity contribution < 1.29 is 31.1 Å². The lowest BCUT2D eigenvalue weighted by atomic mass is 9.95. The molecule has 2 aromatic rings. The van der Waals surface area contributed by atoms with Crippen molar-refractivity contribution in [2.75, 3.05) is 6.54 Å². The van der Waals surface area contributed by atoms with Crippen LogP contribution in [0.3, 0.4) is 0 Å². The molecular formula is C16H13F6N7O. The summed E-state index contributed by atoms with van der Waals surface area (Å²) in [4.78, 5) is 16.6. The van der Waals surface area contributed by atoms with Crippen LogP contribution in [0.15, 0.2) is 17.2 Å². The highest BCUT2D eigenvalue weighted by Gasteiger charge is 2.41. The van der Waals surface area contributed by atoms with Crippen LogP contribution in [-0.4, -0.2) is 38.0 Å². The molecular weight excluding hydrogens is 420 g/mol. The van der Waals surface area contributed by atoms with Crippen molar-refractivity contribution in [3.8, 4) is 0 Å². The number of hydrogen-bond acceptors (Lipinski definition) is 5. The molecule has 0 saturated heterocycles. The number of carbonyl (C=O) groups excluding carboxylic acids is 1. The highest BCUT2D eigenvalue weighted by Crippen LogP contribution is 2.33. The predicted molar refractivity (Wildman–Crippen MR) is 88.1 cm³/mol. The Morgan fingerprint density at radius 3 is 2.47 bits per heavy atom. The Balaban J connectivity index is 2.04. The molecule has 1 aromatic heterocycles. The Labute approximate surface area is 164 Å². The number of Topliss-reactive ketones (excluding diaryl/α,β-unsaturated/α-hetero) is 1. The van der Waals surface area contributed by atoms with Crippen LogP contribution in [0.2, 0.25) is 0 Å². The molecule has 160 valence electrons. The summed E-state index contributed by atoms with van der Waals surface area (Å²) >= 11 is 0. The first-order valence-corrected chi connectivity index (χ1v) is 8.50. The first kappa shape index (κ1) is 21.6. The van der Waals surface area contributed by atoms with E-state index in [1.165, 1.54) is 11.8 Å². The summed E-state index contributed by atoms with van der Waals surface area (Å²) in [5, 5.41) is 9.84. The fraction of sp³-hybridized carbons (Fsp3) is 0.438. The number of ketones is 1. The topological polar surface area (TPSA) is 99.8 Å². The van der Waals surface area contributed by atoms with Crippen LogP contribution in [0.1, 0.15) is 30.2 Å². The van der Waals surface area contributed by atoms with E-state index in [1.54, 1.807) is 0 Å². The van der Waals surface area contributed by atoms with Crippen LogP contribution in [0.5, 0.6) is 0 Å². The zero-order valence-corrected chi connectivity index (χ0v) is 15.2. The molecule has 0 spiro atoms. The number of benzene rings is 1. The molecule has 1 aromatic carbocycles. The van der Waals surface area contributed by atoms with E-state index in [9.17, 15) is 31.1 Å². The molecule has 0 N–H and O–H groups in total. The van der Waals surface area contributed by atoms with Crippen LogP contribution in [0.4, 0.5) is 26.3 Å². The van der Waals surface area contributed by atoms with Gasteiger partial charge in [-0.25, -0.2) is 13.2 Å². The van der Waals surface area contributed by atoms with Gasteiger partial charge in [0.15, 0.2) is 17.4 Å². The van der Waals surface area contributed by atoms with Gasteiger partial charge >= 0.3 is 6.18 Å². The van der Waals surface area contributed by atoms with Crippen molar-refractivity contribution in [2.24, 2.45) is 5.11 Å². The van der Waals surface area contributed by atoms with Gasteiger partial charge in [-0.05, 0) is 18.5 Å². The Kier molecular flexibility index (Phi) is 5.72. The van der Waals surface area contributed by atoms with E-state index >= 15 is 0 Å². The maximum atomic E-state index is 14.4. The number of azide groups is 1. The van der Waals surface area contributed by atoms with Gasteiger partial charge in [0, 0.05) is 29.6 Å². The molecule has 1 aliphatic heterocycles. The number of fused-ring (bicyclic) bond motifs is 1. The average Bonchev–Trinajstić information content (AvgIpc) is 3.10. The van der Waals surface area contributed by atoms with E-state index in [4.69, 9.17) is 5.53 Å². The van der Waals surface area contributed by atoms with E-state index in [2.05, 4.69) is 20.2 Å². The van der Waals surface area contributed by atoms with Crippen LogP contribution < -0.4 is 0 Å². The van der Waals surface area contributed by atoms with E-state index in [0.717, 1.165) is 4.57 Å². The van der Waals surface area contributed by atoms with Crippen LogP contribution in [0.25, 0.3) is 10.4 Å². The molecule has 0 saturated carbocycles. The first-order valence-electron chi connectivity index (χ1n) is 8.50. The summed E-state index contributed by atoms with van der Waals surface area (Å²) in [5.74, 6) is -6.34. The molecule has 2 heterocycles. The maximum Gasteiger partial charge on any atom is 0.451 e. The van der Waals surface area contributed by atoms with Gasteiger partial charge in [0.1, 0.15) is 11.6 Å². The fourth-order valence-corrected chi connectivity index (χ4v) is 3.25. The van der Waals surface area contributed by atoms with E-state index in [0.29, 0.717) is 6.07 Å². The molecule has 1 aliphatic rings. The van der Waals surface area contributed by atoms with E-state index in [1.807, 2.05) is 0 Å². The second-order valence-electron chi connectivity index (χ2n) is 6.53. The third-order valence-electron chi connectivity index (χ3n) is 4.64. The molecule has 30 heavy (non-hydrogen) atoms. The van der Waals surface area contributed by atoms with Gasteiger partial charge in [-0.1, -0.05) is 5.11 Å². The van der Waals surface area contributed by atoms with Crippen molar-refractivity contribution >= 4 is 5.78 Å². The normalized spacial score (nSPS) is 16.5. The summed E-state index contributed by atoms with van der Waals surface area (Å²) < 4.78 is 81.4. The van der Waals surface area contributed by atoms with Gasteiger partial charge in [-0.3, -0.25) is 9.69 Å². The van der Waals surface area contributed by atoms with Crippen LogP contribution in [0, 0.1) is 17.5 Å². The smallest absolute Gasteiger partial charge is 0.305 e. The lowest BCUT2D eigenvalue weighted by Crippen LogP contribution is -2.43. The fourth-order valence-electron chi connectivity index (χ4n) is 3.25. The van der Waals surface area contributed by atoms with Crippen molar-refractivity contribution in [1.82, 2.24) is 19.7 Å². The highest BCUT2D eigenvalue weighted by atomic mass is 19.4. The molecule has 0 amide bonds. The predicted octanol–water partition coefficient (Wildman–Crippen LogP) is 3.54. The minimum absolute atomic E-state index is 0.147. The molecule has 8 nitrogen and oxygen atoms in total. The summed E-state index contributed by atoms with van der Waals surface area (Å²) in [5.41, 5.74) is 8.03. The number of nitrogens with zero attached hydrogens (tertiary/aromatic N) is 7. The summed E-state index contributed by atoms with van der Waals surface area (Å²) in [7, 11) is 0. The molecule has 3 rings (SSSR count). The third-order valence-corrected chi connectivity index (χ3v) is 4.64. The molecule has 0 fully saturated rings. The summed E-state index contributed by atoms with van der Waals surface area (Å²) in [6.45, 7) is 0.385. The van der Waals surface area contributed by atoms with Gasteiger partial charge in [0.25, 0.3) is 0 Å². The number of rotatable bonds is 5. The average molecular weight is 433 g/mol.